The van der Waals surface area contributed by atoms with Crippen LogP contribution < -0.4 is 11.1 Å². The fraction of sp³-hybridized carbons (Fsp3) is 0.368. The summed E-state index contributed by atoms with van der Waals surface area (Å²) < 4.78 is 5.53. The summed E-state index contributed by atoms with van der Waals surface area (Å²) in [4.78, 5) is 27.6. The van der Waals surface area contributed by atoms with Crippen molar-refractivity contribution in [2.75, 3.05) is 17.7 Å². The van der Waals surface area contributed by atoms with Crippen molar-refractivity contribution >= 4 is 28.5 Å². The minimum Gasteiger partial charge on any atom is -0.399 e. The van der Waals surface area contributed by atoms with Gasteiger partial charge < -0.3 is 36.1 Å². The SMILES string of the molecule is CC(=O)c1nc2nc([C@@H]3O[C@H](CO)[C@@H](O)[C@H]3O)nc(NCc3ccc(N)cc3)c2[nH]1. The summed E-state index contributed by atoms with van der Waals surface area (Å²) in [6.45, 7) is 1.31. The smallest absolute Gasteiger partial charge is 0.195 e. The van der Waals surface area contributed by atoms with Crippen LogP contribution in [0.4, 0.5) is 11.5 Å². The molecule has 1 aliphatic heterocycles. The Morgan fingerprint density at radius 3 is 2.57 bits per heavy atom. The number of rotatable bonds is 6. The predicted octanol–water partition coefficient (Wildman–Crippen LogP) is -0.0962. The molecule has 0 spiro atoms. The number of H-pyrrole nitrogens is 1. The molecule has 0 bridgehead atoms. The topological polar surface area (TPSA) is 180 Å². The van der Waals surface area contributed by atoms with Gasteiger partial charge in [0.05, 0.1) is 6.61 Å². The zero-order valence-corrected chi connectivity index (χ0v) is 16.1. The van der Waals surface area contributed by atoms with E-state index in [4.69, 9.17) is 10.5 Å². The number of hydrogen-bond acceptors (Lipinski definition) is 10. The van der Waals surface area contributed by atoms with Gasteiger partial charge in [-0.1, -0.05) is 12.1 Å². The molecule has 1 saturated heterocycles. The fourth-order valence-electron chi connectivity index (χ4n) is 3.27. The van der Waals surface area contributed by atoms with Gasteiger partial charge in [-0.15, -0.1) is 0 Å². The molecule has 1 aliphatic rings. The second-order valence-corrected chi connectivity index (χ2v) is 7.12. The normalized spacial score (nSPS) is 23.7. The second kappa shape index (κ2) is 7.95. The van der Waals surface area contributed by atoms with Crippen molar-refractivity contribution in [1.82, 2.24) is 19.9 Å². The van der Waals surface area contributed by atoms with E-state index in [1.807, 2.05) is 12.1 Å². The van der Waals surface area contributed by atoms with Crippen LogP contribution in [0.5, 0.6) is 0 Å². The van der Waals surface area contributed by atoms with E-state index in [0.29, 0.717) is 23.6 Å². The van der Waals surface area contributed by atoms with Gasteiger partial charge in [0.25, 0.3) is 0 Å². The first-order valence-corrected chi connectivity index (χ1v) is 9.36. The Morgan fingerprint density at radius 2 is 1.93 bits per heavy atom. The zero-order valence-electron chi connectivity index (χ0n) is 16.1. The van der Waals surface area contributed by atoms with Crippen LogP contribution in [0.15, 0.2) is 24.3 Å². The second-order valence-electron chi connectivity index (χ2n) is 7.12. The van der Waals surface area contributed by atoms with Crippen LogP contribution >= 0.6 is 0 Å². The van der Waals surface area contributed by atoms with Gasteiger partial charge in [0.1, 0.15) is 29.9 Å². The maximum Gasteiger partial charge on any atom is 0.195 e. The number of fused-ring (bicyclic) bond motifs is 1. The van der Waals surface area contributed by atoms with Gasteiger partial charge in [-0.3, -0.25) is 4.79 Å². The Morgan fingerprint density at radius 1 is 1.20 bits per heavy atom. The Bertz CT molecular complexity index is 1070. The van der Waals surface area contributed by atoms with Gasteiger partial charge in [-0.05, 0) is 17.7 Å². The van der Waals surface area contributed by atoms with Crippen LogP contribution in [0, 0.1) is 0 Å². The molecular formula is C19H22N6O5. The average molecular weight is 414 g/mol. The number of ketones is 1. The molecule has 0 unspecified atom stereocenters. The number of aromatic nitrogens is 4. The van der Waals surface area contributed by atoms with Crippen LogP contribution in [0.2, 0.25) is 0 Å². The third-order valence-electron chi connectivity index (χ3n) is 4.94. The Balaban J connectivity index is 1.71. The highest BCUT2D eigenvalue weighted by Crippen LogP contribution is 2.33. The lowest BCUT2D eigenvalue weighted by atomic mass is 10.1. The van der Waals surface area contributed by atoms with Gasteiger partial charge in [0.2, 0.25) is 0 Å². The van der Waals surface area contributed by atoms with E-state index in [-0.39, 0.29) is 23.1 Å². The number of hydrogen-bond donors (Lipinski definition) is 6. The summed E-state index contributed by atoms with van der Waals surface area (Å²) in [6.07, 6.45) is -4.62. The van der Waals surface area contributed by atoms with Crippen molar-refractivity contribution < 1.29 is 24.9 Å². The van der Waals surface area contributed by atoms with Crippen molar-refractivity contribution in [3.63, 3.8) is 0 Å². The molecule has 4 atom stereocenters. The lowest BCUT2D eigenvalue weighted by molar-refractivity contribution is -0.0251. The lowest BCUT2D eigenvalue weighted by Crippen LogP contribution is -2.32. The molecule has 3 aromatic rings. The first kappa shape index (κ1) is 20.2. The molecule has 0 aliphatic carbocycles. The van der Waals surface area contributed by atoms with E-state index < -0.39 is 31.0 Å². The number of aliphatic hydroxyl groups is 3. The van der Waals surface area contributed by atoms with E-state index in [0.717, 1.165) is 5.56 Å². The van der Waals surface area contributed by atoms with Gasteiger partial charge >= 0.3 is 0 Å². The molecule has 3 heterocycles. The number of nitrogens with one attached hydrogen (secondary N) is 2. The standard InChI is InChI=1S/C19H22N6O5/c1-8(27)16-22-12-17(21-6-9-2-4-10(20)5-3-9)24-19(25-18(12)23-16)15-14(29)13(28)11(7-26)30-15/h2-5,11,13-15,26,28-29H,6-7,20H2,1H3,(H2,21,22,23,24,25)/t11-,13-,14-,15-/m1/s1. The monoisotopic (exact) mass is 414 g/mol. The summed E-state index contributed by atoms with van der Waals surface area (Å²) in [6, 6.07) is 7.28. The van der Waals surface area contributed by atoms with Crippen LogP contribution in [-0.4, -0.2) is 66.0 Å². The summed E-state index contributed by atoms with van der Waals surface area (Å²) in [5.41, 5.74) is 7.94. The van der Waals surface area contributed by atoms with E-state index in [1.54, 1.807) is 12.1 Å². The molecule has 11 nitrogen and oxygen atoms in total. The van der Waals surface area contributed by atoms with Crippen molar-refractivity contribution in [1.29, 1.82) is 0 Å². The Hall–Kier alpha value is -3.12. The minimum absolute atomic E-state index is 0.0754. The van der Waals surface area contributed by atoms with E-state index in [1.165, 1.54) is 6.92 Å². The minimum atomic E-state index is -1.32. The number of carbonyl (C=O) groups is 1. The van der Waals surface area contributed by atoms with Crippen LogP contribution in [0.1, 0.15) is 35.0 Å². The molecule has 0 amide bonds. The largest absolute Gasteiger partial charge is 0.399 e. The number of nitrogen functional groups attached to an aromatic ring is 1. The number of imidazole rings is 1. The first-order valence-electron chi connectivity index (χ1n) is 9.36. The maximum atomic E-state index is 11.8. The summed E-state index contributed by atoms with van der Waals surface area (Å²) in [5, 5.41) is 32.9. The third-order valence-corrected chi connectivity index (χ3v) is 4.94. The summed E-state index contributed by atoms with van der Waals surface area (Å²) in [7, 11) is 0. The maximum absolute atomic E-state index is 11.8. The molecule has 1 fully saturated rings. The van der Waals surface area contributed by atoms with Gasteiger partial charge in [0, 0.05) is 19.2 Å². The molecular weight excluding hydrogens is 392 g/mol. The highest BCUT2D eigenvalue weighted by Gasteiger charge is 2.44. The van der Waals surface area contributed by atoms with E-state index >= 15 is 0 Å². The first-order chi connectivity index (χ1) is 14.4. The average Bonchev–Trinajstić information content (AvgIpc) is 3.29. The number of anilines is 2. The molecule has 4 rings (SSSR count). The van der Waals surface area contributed by atoms with Crippen molar-refractivity contribution in [3.8, 4) is 0 Å². The molecule has 2 aromatic heterocycles. The molecule has 158 valence electrons. The van der Waals surface area contributed by atoms with Crippen molar-refractivity contribution in [3.05, 3.63) is 41.5 Å². The molecule has 0 saturated carbocycles. The van der Waals surface area contributed by atoms with Gasteiger partial charge in [-0.25, -0.2) is 15.0 Å². The fourth-order valence-corrected chi connectivity index (χ4v) is 3.27. The highest BCUT2D eigenvalue weighted by atomic mass is 16.6. The Labute approximate surface area is 170 Å². The quantitative estimate of drug-likeness (QED) is 0.236. The van der Waals surface area contributed by atoms with Gasteiger partial charge in [0.15, 0.2) is 28.9 Å². The van der Waals surface area contributed by atoms with Crippen molar-refractivity contribution in [2.45, 2.75) is 37.9 Å². The van der Waals surface area contributed by atoms with Crippen LogP contribution in [0.25, 0.3) is 11.2 Å². The number of ether oxygens (including phenoxy) is 1. The van der Waals surface area contributed by atoms with E-state index in [9.17, 15) is 20.1 Å². The third kappa shape index (κ3) is 3.71. The highest BCUT2D eigenvalue weighted by molar-refractivity contribution is 5.95. The summed E-state index contributed by atoms with van der Waals surface area (Å²) >= 11 is 0. The molecule has 1 aromatic carbocycles. The molecule has 30 heavy (non-hydrogen) atoms. The number of aliphatic hydroxyl groups excluding tert-OH is 3. The number of benzene rings is 1. The zero-order chi connectivity index (χ0) is 21.4. The predicted molar refractivity (Wildman–Crippen MR) is 107 cm³/mol. The number of Topliss-reactive ketones (excluding diaryl/α,β-unsaturated/α-hetero) is 1. The van der Waals surface area contributed by atoms with Crippen molar-refractivity contribution in [2.24, 2.45) is 0 Å². The number of nitrogens with two attached hydrogens (primary N) is 1. The summed E-state index contributed by atoms with van der Waals surface area (Å²) in [5.74, 6) is 0.274. The molecule has 11 heteroatoms. The molecule has 0 radical (unpaired) electrons. The number of nitrogens with zero attached hydrogens (tertiary/aromatic N) is 3. The lowest BCUT2D eigenvalue weighted by Gasteiger charge is -2.15. The number of aromatic amines is 1. The number of carbonyl (C=O) groups excluding carboxylic acids is 1. The molecule has 7 N–H and O–H groups in total. The van der Waals surface area contributed by atoms with E-state index in [2.05, 4.69) is 25.3 Å². The van der Waals surface area contributed by atoms with Crippen LogP contribution in [-0.2, 0) is 11.3 Å². The Kier molecular flexibility index (Phi) is 5.35. The van der Waals surface area contributed by atoms with Crippen LogP contribution in [0.3, 0.4) is 0 Å². The van der Waals surface area contributed by atoms with Gasteiger partial charge in [-0.2, -0.15) is 0 Å².